The van der Waals surface area contributed by atoms with E-state index in [1.54, 1.807) is 19.1 Å². The Hall–Kier alpha value is -1.93. The first-order chi connectivity index (χ1) is 13.0. The van der Waals surface area contributed by atoms with Crippen molar-refractivity contribution < 1.29 is 13.2 Å². The first-order valence-corrected chi connectivity index (χ1v) is 10.6. The molecule has 3 N–H and O–H groups in total. The monoisotopic (exact) mass is 423 g/mol. The lowest BCUT2D eigenvalue weighted by molar-refractivity contribution is 0.0930. The second-order valence-corrected chi connectivity index (χ2v) is 8.54. The van der Waals surface area contributed by atoms with Crippen molar-refractivity contribution in [2.45, 2.75) is 37.2 Å². The van der Waals surface area contributed by atoms with Gasteiger partial charge in [0.05, 0.1) is 4.90 Å². The zero-order valence-electron chi connectivity index (χ0n) is 15.8. The number of sulfonamides is 1. The average Bonchev–Trinajstić information content (AvgIpc) is 2.68. The Labute approximate surface area is 172 Å². The third-order valence-corrected chi connectivity index (χ3v) is 6.22. The van der Waals surface area contributed by atoms with E-state index in [1.165, 1.54) is 6.07 Å². The molecule has 6 nitrogen and oxygen atoms in total. The van der Waals surface area contributed by atoms with Crippen LogP contribution in [0, 0.1) is 6.92 Å². The molecule has 1 atom stereocenters. The molecule has 1 aliphatic rings. The lowest BCUT2D eigenvalue weighted by atomic mass is 10.1. The molecule has 0 unspecified atom stereocenters. The summed E-state index contributed by atoms with van der Waals surface area (Å²) in [6, 6.07) is 14.2. The van der Waals surface area contributed by atoms with Crippen LogP contribution in [0.2, 0.25) is 0 Å². The Morgan fingerprint density at radius 3 is 2.61 bits per heavy atom. The fourth-order valence-electron chi connectivity index (χ4n) is 3.13. The van der Waals surface area contributed by atoms with Crippen molar-refractivity contribution >= 4 is 28.3 Å². The van der Waals surface area contributed by atoms with E-state index < -0.39 is 10.0 Å². The Balaban J connectivity index is 0.00000280. The second-order valence-electron chi connectivity index (χ2n) is 6.81. The standard InChI is InChI=1S/C20H25N3O3S.ClH/c1-15-9-10-17(20(24)23-18-8-5-11-21-14-18)12-19(15)27(25,26)22-13-16-6-3-2-4-7-16;/h2-4,6-7,9-10,12,18,21-22H,5,8,11,13-14H2,1H3,(H,23,24);1H/t18-;/m0./s1. The van der Waals surface area contributed by atoms with Gasteiger partial charge in [0.15, 0.2) is 0 Å². The van der Waals surface area contributed by atoms with Gasteiger partial charge in [0.2, 0.25) is 10.0 Å². The van der Waals surface area contributed by atoms with Gasteiger partial charge in [0.25, 0.3) is 5.91 Å². The van der Waals surface area contributed by atoms with Crippen LogP contribution in [0.3, 0.4) is 0 Å². The molecule has 2 aromatic carbocycles. The molecule has 0 aromatic heterocycles. The van der Waals surface area contributed by atoms with Crippen LogP contribution in [0.1, 0.15) is 34.3 Å². The van der Waals surface area contributed by atoms with E-state index in [-0.39, 0.29) is 35.8 Å². The number of hydrogen-bond acceptors (Lipinski definition) is 4. The van der Waals surface area contributed by atoms with Crippen LogP contribution in [-0.2, 0) is 16.6 Å². The number of carbonyl (C=O) groups excluding carboxylic acids is 1. The van der Waals surface area contributed by atoms with E-state index in [2.05, 4.69) is 15.4 Å². The molecule has 0 bridgehead atoms. The molecular weight excluding hydrogens is 398 g/mol. The smallest absolute Gasteiger partial charge is 0.251 e. The molecule has 1 saturated heterocycles. The minimum absolute atomic E-state index is 0. The molecule has 28 heavy (non-hydrogen) atoms. The van der Waals surface area contributed by atoms with Gasteiger partial charge in [0, 0.05) is 24.7 Å². The first kappa shape index (κ1) is 22.4. The average molecular weight is 424 g/mol. The predicted molar refractivity (Wildman–Crippen MR) is 112 cm³/mol. The van der Waals surface area contributed by atoms with Gasteiger partial charge in [-0.3, -0.25) is 4.79 Å². The minimum Gasteiger partial charge on any atom is -0.348 e. The Morgan fingerprint density at radius 1 is 1.18 bits per heavy atom. The molecule has 152 valence electrons. The number of carbonyl (C=O) groups is 1. The van der Waals surface area contributed by atoms with E-state index >= 15 is 0 Å². The van der Waals surface area contributed by atoms with Crippen molar-refractivity contribution in [3.8, 4) is 0 Å². The van der Waals surface area contributed by atoms with Gasteiger partial charge in [-0.05, 0) is 49.6 Å². The third-order valence-electron chi connectivity index (χ3n) is 4.68. The SMILES string of the molecule is Cc1ccc(C(=O)N[C@H]2CCCNC2)cc1S(=O)(=O)NCc1ccccc1.Cl. The van der Waals surface area contributed by atoms with Gasteiger partial charge in [0.1, 0.15) is 0 Å². The molecule has 3 rings (SSSR count). The van der Waals surface area contributed by atoms with Crippen LogP contribution in [0.25, 0.3) is 0 Å². The summed E-state index contributed by atoms with van der Waals surface area (Å²) in [5.41, 5.74) is 1.83. The fourth-order valence-corrected chi connectivity index (χ4v) is 4.41. The van der Waals surface area contributed by atoms with Crippen molar-refractivity contribution in [3.63, 3.8) is 0 Å². The van der Waals surface area contributed by atoms with E-state index in [0.717, 1.165) is 31.5 Å². The van der Waals surface area contributed by atoms with Crippen molar-refractivity contribution in [1.29, 1.82) is 0 Å². The molecule has 0 spiro atoms. The molecule has 0 radical (unpaired) electrons. The van der Waals surface area contributed by atoms with E-state index in [1.807, 2.05) is 30.3 Å². The maximum Gasteiger partial charge on any atom is 0.251 e. The highest BCUT2D eigenvalue weighted by molar-refractivity contribution is 7.89. The molecule has 1 fully saturated rings. The predicted octanol–water partition coefficient (Wildman–Crippen LogP) is 2.38. The molecular formula is C20H26ClN3O3S. The van der Waals surface area contributed by atoms with Gasteiger partial charge >= 0.3 is 0 Å². The molecule has 1 amide bonds. The maximum absolute atomic E-state index is 12.7. The lowest BCUT2D eigenvalue weighted by Gasteiger charge is -2.24. The van der Waals surface area contributed by atoms with Crippen molar-refractivity contribution in [3.05, 3.63) is 65.2 Å². The van der Waals surface area contributed by atoms with Gasteiger partial charge in [-0.2, -0.15) is 0 Å². The summed E-state index contributed by atoms with van der Waals surface area (Å²) < 4.78 is 28.1. The molecule has 0 saturated carbocycles. The van der Waals surface area contributed by atoms with Gasteiger partial charge < -0.3 is 10.6 Å². The quantitative estimate of drug-likeness (QED) is 0.665. The lowest BCUT2D eigenvalue weighted by Crippen LogP contribution is -2.45. The highest BCUT2D eigenvalue weighted by Crippen LogP contribution is 2.18. The van der Waals surface area contributed by atoms with Crippen LogP contribution < -0.4 is 15.4 Å². The normalized spacial score (nSPS) is 16.8. The highest BCUT2D eigenvalue weighted by Gasteiger charge is 2.21. The number of rotatable bonds is 6. The third kappa shape index (κ3) is 5.78. The molecule has 2 aromatic rings. The first-order valence-electron chi connectivity index (χ1n) is 9.11. The van der Waals surface area contributed by atoms with E-state index in [0.29, 0.717) is 11.1 Å². The van der Waals surface area contributed by atoms with Gasteiger partial charge in [-0.25, -0.2) is 13.1 Å². The molecule has 8 heteroatoms. The van der Waals surface area contributed by atoms with Crippen molar-refractivity contribution in [2.24, 2.45) is 0 Å². The maximum atomic E-state index is 12.7. The number of halogens is 1. The van der Waals surface area contributed by atoms with Crippen LogP contribution in [0.4, 0.5) is 0 Å². The summed E-state index contributed by atoms with van der Waals surface area (Å²) >= 11 is 0. The van der Waals surface area contributed by atoms with E-state index in [9.17, 15) is 13.2 Å². The van der Waals surface area contributed by atoms with Crippen molar-refractivity contribution in [1.82, 2.24) is 15.4 Å². The van der Waals surface area contributed by atoms with E-state index in [4.69, 9.17) is 0 Å². The molecule has 1 heterocycles. The van der Waals surface area contributed by atoms with Gasteiger partial charge in [-0.1, -0.05) is 36.4 Å². The summed E-state index contributed by atoms with van der Waals surface area (Å²) in [6.45, 7) is 3.63. The number of piperidine rings is 1. The molecule has 0 aliphatic carbocycles. The number of amides is 1. The Bertz CT molecular complexity index is 898. The fraction of sp³-hybridized carbons (Fsp3) is 0.350. The topological polar surface area (TPSA) is 87.3 Å². The Kier molecular flexibility index (Phi) is 8.00. The van der Waals surface area contributed by atoms with Crippen LogP contribution in [0.15, 0.2) is 53.4 Å². The summed E-state index contributed by atoms with van der Waals surface area (Å²) in [7, 11) is -3.72. The minimum atomic E-state index is -3.72. The van der Waals surface area contributed by atoms with Crippen LogP contribution >= 0.6 is 12.4 Å². The summed E-state index contributed by atoms with van der Waals surface area (Å²) in [4.78, 5) is 12.7. The summed E-state index contributed by atoms with van der Waals surface area (Å²) in [5, 5.41) is 6.22. The zero-order valence-corrected chi connectivity index (χ0v) is 17.4. The van der Waals surface area contributed by atoms with Crippen LogP contribution in [-0.4, -0.2) is 33.5 Å². The van der Waals surface area contributed by atoms with Crippen molar-refractivity contribution in [2.75, 3.05) is 13.1 Å². The summed E-state index contributed by atoms with van der Waals surface area (Å²) in [6.07, 6.45) is 1.94. The van der Waals surface area contributed by atoms with Crippen LogP contribution in [0.5, 0.6) is 0 Å². The number of benzene rings is 2. The second kappa shape index (κ2) is 10.0. The van der Waals surface area contributed by atoms with Gasteiger partial charge in [-0.15, -0.1) is 12.4 Å². The number of nitrogens with one attached hydrogen (secondary N) is 3. The number of hydrogen-bond donors (Lipinski definition) is 3. The zero-order chi connectivity index (χ0) is 19.3. The number of aryl methyl sites for hydroxylation is 1. The summed E-state index contributed by atoms with van der Waals surface area (Å²) in [5.74, 6) is -0.247. The molecule has 1 aliphatic heterocycles. The Morgan fingerprint density at radius 2 is 1.93 bits per heavy atom. The largest absolute Gasteiger partial charge is 0.348 e. The highest BCUT2D eigenvalue weighted by atomic mass is 35.5.